The van der Waals surface area contributed by atoms with Crippen molar-refractivity contribution in [1.82, 2.24) is 24.6 Å². The van der Waals surface area contributed by atoms with Gasteiger partial charge in [-0.15, -0.1) is 0 Å². The van der Waals surface area contributed by atoms with Gasteiger partial charge in [0.1, 0.15) is 18.4 Å². The van der Waals surface area contributed by atoms with E-state index in [2.05, 4.69) is 27.1 Å². The average molecular weight is 379 g/mol. The lowest BCUT2D eigenvalue weighted by Crippen LogP contribution is -2.49. The van der Waals surface area contributed by atoms with Gasteiger partial charge in [0.05, 0.1) is 18.7 Å². The quantitative estimate of drug-likeness (QED) is 0.630. The molecule has 146 valence electrons. The largest absolute Gasteiger partial charge is 0.469 e. The highest BCUT2D eigenvalue weighted by Gasteiger charge is 2.26. The molecule has 4 rings (SSSR count). The van der Waals surface area contributed by atoms with Gasteiger partial charge in [0.25, 0.3) is 0 Å². The average Bonchev–Trinajstić information content (AvgIpc) is 3.45. The Balaban J connectivity index is 1.33. The molecule has 0 spiro atoms. The molecule has 0 radical (unpaired) electrons. The highest BCUT2D eigenvalue weighted by Crippen LogP contribution is 2.29. The first-order valence-electron chi connectivity index (χ1n) is 9.70. The van der Waals surface area contributed by atoms with Gasteiger partial charge in [-0.1, -0.05) is 30.3 Å². The smallest absolute Gasteiger partial charge is 0.223 e. The van der Waals surface area contributed by atoms with Gasteiger partial charge < -0.3 is 9.32 Å². The van der Waals surface area contributed by atoms with Gasteiger partial charge in [0, 0.05) is 39.1 Å². The maximum absolute atomic E-state index is 13.0. The Bertz CT molecular complexity index is 840. The third kappa shape index (κ3) is 4.48. The topological polar surface area (TPSA) is 67.4 Å². The Morgan fingerprint density at radius 1 is 1.04 bits per heavy atom. The number of furan rings is 1. The molecule has 1 aromatic carbocycles. The molecule has 0 bridgehead atoms. The summed E-state index contributed by atoms with van der Waals surface area (Å²) in [4.78, 5) is 21.3. The van der Waals surface area contributed by atoms with E-state index < -0.39 is 0 Å². The molecule has 0 saturated carbocycles. The van der Waals surface area contributed by atoms with Crippen molar-refractivity contribution in [2.24, 2.45) is 0 Å². The van der Waals surface area contributed by atoms with Gasteiger partial charge in [-0.05, 0) is 17.7 Å². The minimum Gasteiger partial charge on any atom is -0.469 e. The zero-order valence-corrected chi connectivity index (χ0v) is 15.9. The Kier molecular flexibility index (Phi) is 5.82. The number of aromatic nitrogens is 3. The van der Waals surface area contributed by atoms with Gasteiger partial charge in [-0.2, -0.15) is 5.10 Å². The van der Waals surface area contributed by atoms with Crippen molar-refractivity contribution < 1.29 is 9.21 Å². The Labute approximate surface area is 164 Å². The fourth-order valence-electron chi connectivity index (χ4n) is 3.67. The van der Waals surface area contributed by atoms with Crippen LogP contribution in [0.15, 0.2) is 65.8 Å². The Morgan fingerprint density at radius 2 is 1.86 bits per heavy atom. The predicted octanol–water partition coefficient (Wildman–Crippen LogP) is 2.24. The molecule has 7 heteroatoms. The number of piperazine rings is 1. The molecule has 1 fully saturated rings. The maximum atomic E-state index is 13.0. The summed E-state index contributed by atoms with van der Waals surface area (Å²) in [6.07, 6.45) is 5.39. The highest BCUT2D eigenvalue weighted by molar-refractivity contribution is 5.77. The summed E-state index contributed by atoms with van der Waals surface area (Å²) < 4.78 is 7.47. The fourth-order valence-corrected chi connectivity index (χ4v) is 3.67. The minimum absolute atomic E-state index is 0.0472. The fraction of sp³-hybridized carbons (Fsp3) is 0.381. The van der Waals surface area contributed by atoms with Crippen molar-refractivity contribution in [3.05, 3.63) is 72.7 Å². The highest BCUT2D eigenvalue weighted by atomic mass is 16.3. The van der Waals surface area contributed by atoms with E-state index in [0.29, 0.717) is 6.42 Å². The number of hydrogen-bond donors (Lipinski definition) is 0. The maximum Gasteiger partial charge on any atom is 0.223 e. The summed E-state index contributed by atoms with van der Waals surface area (Å²) in [6, 6.07) is 13.9. The van der Waals surface area contributed by atoms with Crippen molar-refractivity contribution in [2.75, 3.05) is 32.7 Å². The van der Waals surface area contributed by atoms with Crippen molar-refractivity contribution in [2.45, 2.75) is 18.9 Å². The predicted molar refractivity (Wildman–Crippen MR) is 105 cm³/mol. The minimum atomic E-state index is -0.0472. The summed E-state index contributed by atoms with van der Waals surface area (Å²) in [7, 11) is 0. The second-order valence-electron chi connectivity index (χ2n) is 7.06. The molecule has 7 nitrogen and oxygen atoms in total. The third-order valence-electron chi connectivity index (χ3n) is 5.30. The number of rotatable bonds is 7. The summed E-state index contributed by atoms with van der Waals surface area (Å²) in [5, 5.41) is 4.14. The van der Waals surface area contributed by atoms with Crippen LogP contribution in [0.2, 0.25) is 0 Å². The van der Waals surface area contributed by atoms with Crippen molar-refractivity contribution >= 4 is 5.91 Å². The molecule has 3 aromatic rings. The summed E-state index contributed by atoms with van der Waals surface area (Å²) in [6.45, 7) is 5.03. The number of amides is 1. The van der Waals surface area contributed by atoms with Crippen LogP contribution in [-0.4, -0.2) is 63.2 Å². The SMILES string of the molecule is O=C(CC(c1ccccc1)c1ccco1)N1CCN(CCn2cncn2)CC1. The third-order valence-corrected chi connectivity index (χ3v) is 5.30. The van der Waals surface area contributed by atoms with Crippen LogP contribution in [0, 0.1) is 0 Å². The number of carbonyl (C=O) groups is 1. The lowest BCUT2D eigenvalue weighted by atomic mass is 9.92. The van der Waals surface area contributed by atoms with E-state index in [1.165, 1.54) is 0 Å². The normalized spacial score (nSPS) is 16.2. The molecule has 1 unspecified atom stereocenters. The van der Waals surface area contributed by atoms with Crippen molar-refractivity contribution in [3.63, 3.8) is 0 Å². The first-order chi connectivity index (χ1) is 13.8. The summed E-state index contributed by atoms with van der Waals surface area (Å²) in [5.41, 5.74) is 1.11. The van der Waals surface area contributed by atoms with E-state index in [0.717, 1.165) is 50.6 Å². The molecule has 0 N–H and O–H groups in total. The van der Waals surface area contributed by atoms with Crippen LogP contribution in [0.5, 0.6) is 0 Å². The lowest BCUT2D eigenvalue weighted by molar-refractivity contribution is -0.133. The molecule has 1 amide bonds. The molecule has 0 aliphatic carbocycles. The van der Waals surface area contributed by atoms with Gasteiger partial charge >= 0.3 is 0 Å². The first-order valence-corrected chi connectivity index (χ1v) is 9.70. The van der Waals surface area contributed by atoms with E-state index in [1.807, 2.05) is 39.9 Å². The number of nitrogens with zero attached hydrogens (tertiary/aromatic N) is 5. The van der Waals surface area contributed by atoms with Crippen LogP contribution in [0.3, 0.4) is 0 Å². The van der Waals surface area contributed by atoms with E-state index in [9.17, 15) is 4.79 Å². The Hall–Kier alpha value is -2.93. The van der Waals surface area contributed by atoms with Crippen LogP contribution in [-0.2, 0) is 11.3 Å². The van der Waals surface area contributed by atoms with Crippen LogP contribution in [0.1, 0.15) is 23.7 Å². The second kappa shape index (κ2) is 8.84. The molecule has 3 heterocycles. The molecule has 1 aliphatic heterocycles. The molecule has 1 aliphatic rings. The molecular formula is C21H25N5O2. The van der Waals surface area contributed by atoms with Gasteiger partial charge in [0.15, 0.2) is 0 Å². The molecule has 1 saturated heterocycles. The van der Waals surface area contributed by atoms with Crippen LogP contribution >= 0.6 is 0 Å². The molecule has 28 heavy (non-hydrogen) atoms. The van der Waals surface area contributed by atoms with E-state index in [-0.39, 0.29) is 11.8 Å². The van der Waals surface area contributed by atoms with Crippen LogP contribution in [0.4, 0.5) is 0 Å². The van der Waals surface area contributed by atoms with E-state index >= 15 is 0 Å². The molecular weight excluding hydrogens is 354 g/mol. The summed E-state index contributed by atoms with van der Waals surface area (Å²) >= 11 is 0. The number of hydrogen-bond acceptors (Lipinski definition) is 5. The van der Waals surface area contributed by atoms with E-state index in [1.54, 1.807) is 18.9 Å². The molecule has 1 atom stereocenters. The van der Waals surface area contributed by atoms with Crippen molar-refractivity contribution in [1.29, 1.82) is 0 Å². The first kappa shape index (κ1) is 18.4. The zero-order chi connectivity index (χ0) is 19.2. The van der Waals surface area contributed by atoms with Gasteiger partial charge in [-0.3, -0.25) is 14.4 Å². The number of benzene rings is 1. The zero-order valence-electron chi connectivity index (χ0n) is 15.9. The van der Waals surface area contributed by atoms with Gasteiger partial charge in [0.2, 0.25) is 5.91 Å². The van der Waals surface area contributed by atoms with Crippen molar-refractivity contribution in [3.8, 4) is 0 Å². The molecule has 2 aromatic heterocycles. The van der Waals surface area contributed by atoms with Crippen LogP contribution in [0.25, 0.3) is 0 Å². The van der Waals surface area contributed by atoms with Gasteiger partial charge in [-0.25, -0.2) is 4.98 Å². The standard InChI is InChI=1S/C21H25N5O2/c27-21(15-19(20-7-4-14-28-20)18-5-2-1-3-6-18)25-11-8-24(9-12-25)10-13-26-17-22-16-23-26/h1-7,14,16-17,19H,8-13,15H2. The second-order valence-corrected chi connectivity index (χ2v) is 7.06. The van der Waals surface area contributed by atoms with E-state index in [4.69, 9.17) is 4.42 Å². The lowest BCUT2D eigenvalue weighted by Gasteiger charge is -2.35. The Morgan fingerprint density at radius 3 is 2.54 bits per heavy atom. The summed E-state index contributed by atoms with van der Waals surface area (Å²) in [5.74, 6) is 0.973. The number of carbonyl (C=O) groups excluding carboxylic acids is 1. The monoisotopic (exact) mass is 379 g/mol. The van der Waals surface area contributed by atoms with Crippen LogP contribution < -0.4 is 0 Å².